The average molecular weight is 467 g/mol. The minimum absolute atomic E-state index is 0.0306. The number of thioether (sulfide) groups is 2. The van der Waals surface area contributed by atoms with Crippen molar-refractivity contribution in [2.24, 2.45) is 0 Å². The summed E-state index contributed by atoms with van der Waals surface area (Å²) in [7, 11) is -4.79. The van der Waals surface area contributed by atoms with E-state index in [1.807, 2.05) is 0 Å². The van der Waals surface area contributed by atoms with E-state index in [1.54, 1.807) is 0 Å². The zero-order chi connectivity index (χ0) is 22.2. The number of aliphatic hydroxyl groups is 2. The molecule has 7 nitrogen and oxygen atoms in total. The average Bonchev–Trinajstić information content (AvgIpc) is 2.43. The molecule has 0 saturated heterocycles. The van der Waals surface area contributed by atoms with Crippen molar-refractivity contribution >= 4 is 41.4 Å². The molecule has 0 aliphatic rings. The number of hydrogen-bond acceptors (Lipinski definition) is 9. The van der Waals surface area contributed by atoms with Crippen molar-refractivity contribution in [3.05, 3.63) is 0 Å². The molecule has 0 aromatic rings. The number of rotatable bonds is 13. The molecule has 2 N–H and O–H groups in total. The van der Waals surface area contributed by atoms with E-state index in [0.717, 1.165) is 23.5 Å². The van der Waals surface area contributed by atoms with Crippen LogP contribution in [0, 0.1) is 0 Å². The molecule has 166 valence electrons. The molecule has 12 heteroatoms. The molecule has 0 aromatic carbocycles. The van der Waals surface area contributed by atoms with Crippen LogP contribution in [-0.2, 0) is 23.2 Å². The van der Waals surface area contributed by atoms with Crippen molar-refractivity contribution in [3.63, 3.8) is 0 Å². The summed E-state index contributed by atoms with van der Waals surface area (Å²) < 4.78 is 49.2. The standard InChI is InChI=1S/C16H29F2O7PS2/c1-14(2,21)10-12(19)27-8-6-24-26(23,16(5,17)18)25-7-9-28-13(20)11-15(3,4)22/h21-22H,6-11H2,1-5H3. The molecule has 0 atom stereocenters. The van der Waals surface area contributed by atoms with Crippen LogP contribution in [0.15, 0.2) is 0 Å². The lowest BCUT2D eigenvalue weighted by molar-refractivity contribution is -0.115. The number of alkyl halides is 2. The van der Waals surface area contributed by atoms with Gasteiger partial charge in [0.15, 0.2) is 10.2 Å². The minimum atomic E-state index is -4.79. The molecular formula is C16H29F2O7PS2. The second-order valence-corrected chi connectivity index (χ2v) is 12.0. The molecule has 0 aromatic heterocycles. The first kappa shape index (κ1) is 28.0. The fourth-order valence-corrected chi connectivity index (χ4v) is 4.84. The lowest BCUT2D eigenvalue weighted by Gasteiger charge is -2.23. The van der Waals surface area contributed by atoms with Gasteiger partial charge in [0, 0.05) is 31.3 Å². The Hall–Kier alpha value is -0.0300. The minimum Gasteiger partial charge on any atom is -0.390 e. The molecule has 0 spiro atoms. The number of carbonyl (C=O) groups is 2. The summed E-state index contributed by atoms with van der Waals surface area (Å²) in [5.41, 5.74) is -6.11. The summed E-state index contributed by atoms with van der Waals surface area (Å²) in [5.74, 6) is -0.0612. The topological polar surface area (TPSA) is 110 Å². The van der Waals surface area contributed by atoms with Gasteiger partial charge in [-0.2, -0.15) is 8.78 Å². The van der Waals surface area contributed by atoms with Gasteiger partial charge < -0.3 is 19.3 Å². The van der Waals surface area contributed by atoms with E-state index < -0.39 is 37.7 Å². The summed E-state index contributed by atoms with van der Waals surface area (Å²) in [6.07, 6.45) is -0.239. The number of carbonyl (C=O) groups excluding carboxylic acids is 2. The monoisotopic (exact) mass is 466 g/mol. The molecule has 0 saturated carbocycles. The maximum atomic E-state index is 13.7. The maximum absolute atomic E-state index is 13.7. The molecular weight excluding hydrogens is 437 g/mol. The van der Waals surface area contributed by atoms with Crippen LogP contribution in [0.2, 0.25) is 0 Å². The Morgan fingerprint density at radius 2 is 1.18 bits per heavy atom. The van der Waals surface area contributed by atoms with Crippen molar-refractivity contribution in [2.45, 2.75) is 64.3 Å². The van der Waals surface area contributed by atoms with Crippen molar-refractivity contribution in [1.82, 2.24) is 0 Å². The van der Waals surface area contributed by atoms with Crippen molar-refractivity contribution in [2.75, 3.05) is 24.7 Å². The zero-order valence-electron chi connectivity index (χ0n) is 16.7. The molecule has 0 amide bonds. The van der Waals surface area contributed by atoms with Crippen molar-refractivity contribution in [1.29, 1.82) is 0 Å². The van der Waals surface area contributed by atoms with E-state index >= 15 is 0 Å². The zero-order valence-corrected chi connectivity index (χ0v) is 19.2. The molecule has 0 aliphatic heterocycles. The maximum Gasteiger partial charge on any atom is 0.399 e. The third-order valence-electron chi connectivity index (χ3n) is 2.85. The lowest BCUT2D eigenvalue weighted by Crippen LogP contribution is -2.22. The van der Waals surface area contributed by atoms with E-state index in [4.69, 9.17) is 9.05 Å². The van der Waals surface area contributed by atoms with Gasteiger partial charge >= 0.3 is 13.3 Å². The third-order valence-corrected chi connectivity index (χ3v) is 6.53. The second-order valence-electron chi connectivity index (χ2n) is 7.43. The normalized spacial score (nSPS) is 13.6. The van der Waals surface area contributed by atoms with E-state index in [0.29, 0.717) is 6.92 Å². The highest BCUT2D eigenvalue weighted by Crippen LogP contribution is 2.61. The van der Waals surface area contributed by atoms with Crippen LogP contribution in [0.5, 0.6) is 0 Å². The summed E-state index contributed by atoms with van der Waals surface area (Å²) in [4.78, 5) is 23.2. The van der Waals surface area contributed by atoms with E-state index in [-0.39, 0.29) is 34.6 Å². The van der Waals surface area contributed by atoms with E-state index in [1.165, 1.54) is 27.7 Å². The van der Waals surface area contributed by atoms with Crippen molar-refractivity contribution in [3.8, 4) is 0 Å². The lowest BCUT2D eigenvalue weighted by atomic mass is 10.1. The van der Waals surface area contributed by atoms with Gasteiger partial charge in [0.25, 0.3) is 0 Å². The van der Waals surface area contributed by atoms with Crippen LogP contribution in [-0.4, -0.2) is 62.0 Å². The highest BCUT2D eigenvalue weighted by Gasteiger charge is 2.49. The van der Waals surface area contributed by atoms with Gasteiger partial charge in [-0.25, -0.2) is 0 Å². The van der Waals surface area contributed by atoms with Gasteiger partial charge in [0.2, 0.25) is 0 Å². The second kappa shape index (κ2) is 11.4. The summed E-state index contributed by atoms with van der Waals surface area (Å²) in [5, 5.41) is 18.4. The molecule has 0 radical (unpaired) electrons. The smallest absolute Gasteiger partial charge is 0.390 e. The quantitative estimate of drug-likeness (QED) is 0.310. The van der Waals surface area contributed by atoms with Crippen LogP contribution >= 0.6 is 31.1 Å². The van der Waals surface area contributed by atoms with Crippen molar-refractivity contribution < 1.29 is 42.2 Å². The Balaban J connectivity index is 4.43. The molecule has 0 aliphatic carbocycles. The fraction of sp³-hybridized carbons (Fsp3) is 0.875. The van der Waals surface area contributed by atoms with Gasteiger partial charge in [-0.15, -0.1) is 0 Å². The van der Waals surface area contributed by atoms with Crippen LogP contribution in [0.1, 0.15) is 47.5 Å². The van der Waals surface area contributed by atoms with Gasteiger partial charge in [-0.3, -0.25) is 14.2 Å². The summed E-state index contributed by atoms with van der Waals surface area (Å²) in [6, 6.07) is 0. The van der Waals surface area contributed by atoms with Crippen LogP contribution < -0.4 is 0 Å². The molecule has 28 heavy (non-hydrogen) atoms. The van der Waals surface area contributed by atoms with E-state index in [2.05, 4.69) is 0 Å². The van der Waals surface area contributed by atoms with Gasteiger partial charge in [0.05, 0.1) is 24.4 Å². The Morgan fingerprint density at radius 3 is 1.43 bits per heavy atom. The Bertz CT molecular complexity index is 529. The first-order valence-corrected chi connectivity index (χ1v) is 12.0. The first-order valence-electron chi connectivity index (χ1n) is 8.48. The summed E-state index contributed by atoms with van der Waals surface area (Å²) >= 11 is 1.55. The van der Waals surface area contributed by atoms with E-state index in [9.17, 15) is 33.1 Å². The highest BCUT2D eigenvalue weighted by molar-refractivity contribution is 8.13. The largest absolute Gasteiger partial charge is 0.399 e. The Kier molecular flexibility index (Phi) is 11.4. The van der Waals surface area contributed by atoms with Crippen LogP contribution in [0.3, 0.4) is 0 Å². The Morgan fingerprint density at radius 1 is 0.857 bits per heavy atom. The highest BCUT2D eigenvalue weighted by atomic mass is 32.2. The van der Waals surface area contributed by atoms with Crippen LogP contribution in [0.4, 0.5) is 8.78 Å². The molecule has 0 rings (SSSR count). The predicted molar refractivity (Wildman–Crippen MR) is 107 cm³/mol. The number of hydrogen-bond donors (Lipinski definition) is 2. The SMILES string of the molecule is CC(C)(O)CC(=O)SCCOP(=O)(OCCSC(=O)CC(C)(C)O)C(C)(F)F. The summed E-state index contributed by atoms with van der Waals surface area (Å²) in [6.45, 7) is 5.45. The first-order chi connectivity index (χ1) is 12.5. The van der Waals surface area contributed by atoms with Gasteiger partial charge in [-0.05, 0) is 27.7 Å². The molecule has 0 fully saturated rings. The third kappa shape index (κ3) is 13.2. The molecule has 0 unspecified atom stereocenters. The molecule has 0 heterocycles. The number of halogens is 2. The predicted octanol–water partition coefficient (Wildman–Crippen LogP) is 3.67. The van der Waals surface area contributed by atoms with Crippen LogP contribution in [0.25, 0.3) is 0 Å². The molecule has 0 bridgehead atoms. The Labute approximate surface area is 172 Å². The van der Waals surface area contributed by atoms with Gasteiger partial charge in [-0.1, -0.05) is 23.5 Å². The fourth-order valence-electron chi connectivity index (χ4n) is 1.70. The van der Waals surface area contributed by atoms with Gasteiger partial charge in [0.1, 0.15) is 0 Å².